The van der Waals surface area contributed by atoms with E-state index in [1.807, 2.05) is 6.07 Å². The largest absolute Gasteiger partial charge is 0.538 e. The van der Waals surface area contributed by atoms with Crippen LogP contribution in [0.2, 0.25) is 0 Å². The highest BCUT2D eigenvalue weighted by Gasteiger charge is 2.34. The molecule has 0 N–H and O–H groups in total. The van der Waals surface area contributed by atoms with E-state index in [1.165, 1.54) is 9.58 Å². The van der Waals surface area contributed by atoms with Crippen LogP contribution < -0.4 is 9.79 Å². The standard InChI is InChI=1S/C18H22N4O5/c1-18(2,3)26-17(25)21-11-9-20(10-12-21)15(23)14-16(24)27-19-22(14)13-7-5-4-6-8-13/h4-8H,9-12H2,1-3H3. The predicted octanol–water partition coefficient (Wildman–Crippen LogP) is 0.718. The van der Waals surface area contributed by atoms with Crippen molar-refractivity contribution in [3.05, 3.63) is 36.0 Å². The summed E-state index contributed by atoms with van der Waals surface area (Å²) in [6.07, 6.45) is -0.413. The lowest BCUT2D eigenvalue weighted by molar-refractivity contribution is -0.672. The molecule has 27 heavy (non-hydrogen) atoms. The first-order valence-corrected chi connectivity index (χ1v) is 8.68. The van der Waals surface area contributed by atoms with E-state index in [2.05, 4.69) is 5.27 Å². The van der Waals surface area contributed by atoms with Gasteiger partial charge in [-0.15, -0.1) is 0 Å². The maximum Gasteiger partial charge on any atom is 0.410 e. The molecule has 9 heteroatoms. The van der Waals surface area contributed by atoms with Gasteiger partial charge in [0.2, 0.25) is 5.69 Å². The van der Waals surface area contributed by atoms with Crippen LogP contribution >= 0.6 is 0 Å². The van der Waals surface area contributed by atoms with Gasteiger partial charge in [-0.25, -0.2) is 4.79 Å². The van der Waals surface area contributed by atoms with Gasteiger partial charge in [-0.3, -0.25) is 4.79 Å². The quantitative estimate of drug-likeness (QED) is 0.718. The summed E-state index contributed by atoms with van der Waals surface area (Å²) in [7, 11) is 0. The minimum atomic E-state index is -0.793. The van der Waals surface area contributed by atoms with Gasteiger partial charge >= 0.3 is 17.7 Å². The number of rotatable bonds is 2. The summed E-state index contributed by atoms with van der Waals surface area (Å²) in [5.74, 6) is -1.27. The second-order valence-electron chi connectivity index (χ2n) is 7.22. The fraction of sp³-hybridized carbons (Fsp3) is 0.444. The van der Waals surface area contributed by atoms with E-state index in [-0.39, 0.29) is 18.8 Å². The molecule has 0 aliphatic carbocycles. The molecule has 0 atom stereocenters. The summed E-state index contributed by atoms with van der Waals surface area (Å²) >= 11 is 0. The van der Waals surface area contributed by atoms with Gasteiger partial charge in [-0.2, -0.15) is 0 Å². The van der Waals surface area contributed by atoms with Gasteiger partial charge in [-0.1, -0.05) is 18.2 Å². The lowest BCUT2D eigenvalue weighted by Crippen LogP contribution is -2.53. The minimum absolute atomic E-state index is 0.160. The van der Waals surface area contributed by atoms with Gasteiger partial charge in [0.05, 0.1) is 5.27 Å². The van der Waals surface area contributed by atoms with Crippen LogP contribution in [0.4, 0.5) is 4.79 Å². The summed E-state index contributed by atoms with van der Waals surface area (Å²) < 4.78 is 11.2. The molecule has 9 nitrogen and oxygen atoms in total. The lowest BCUT2D eigenvalue weighted by Gasteiger charge is -2.35. The number of amides is 2. The predicted molar refractivity (Wildman–Crippen MR) is 91.2 cm³/mol. The number of hydrogen-bond donors (Lipinski definition) is 0. The number of aromatic nitrogens is 2. The number of hydrogen-bond acceptors (Lipinski definition) is 6. The zero-order valence-corrected chi connectivity index (χ0v) is 15.5. The average molecular weight is 374 g/mol. The molecule has 1 aliphatic heterocycles. The molecule has 1 aromatic carbocycles. The highest BCUT2D eigenvalue weighted by molar-refractivity contribution is 5.92. The van der Waals surface area contributed by atoms with E-state index in [1.54, 1.807) is 49.9 Å². The summed E-state index contributed by atoms with van der Waals surface area (Å²) in [5.41, 5.74) is -0.184. The molecule has 144 valence electrons. The molecule has 0 spiro atoms. The van der Waals surface area contributed by atoms with Crippen molar-refractivity contribution in [3.63, 3.8) is 0 Å². The summed E-state index contributed by atoms with van der Waals surface area (Å²) in [5, 5.41) is 15.7. The van der Waals surface area contributed by atoms with Crippen LogP contribution in [0, 0.1) is 0 Å². The number of benzene rings is 1. The smallest absolute Gasteiger partial charge is 0.410 e. The third-order valence-electron chi connectivity index (χ3n) is 4.03. The molecule has 1 aliphatic rings. The molecule has 3 rings (SSSR count). The van der Waals surface area contributed by atoms with Gasteiger partial charge in [-0.05, 0) is 25.5 Å². The fourth-order valence-corrected chi connectivity index (χ4v) is 2.74. The Kier molecular flexibility index (Phi) is 5.02. The third kappa shape index (κ3) is 4.18. The number of piperazine rings is 1. The Morgan fingerprint density at radius 3 is 2.30 bits per heavy atom. The summed E-state index contributed by atoms with van der Waals surface area (Å²) in [6, 6.07) is 8.81. The molecule has 0 saturated carbocycles. The van der Waals surface area contributed by atoms with Gasteiger partial charge in [0.25, 0.3) is 0 Å². The Hall–Kier alpha value is -3.10. The molecule has 2 amide bonds. The van der Waals surface area contributed by atoms with Crippen LogP contribution in [0.3, 0.4) is 0 Å². The molecule has 1 saturated heterocycles. The number of nitrogens with zero attached hydrogens (tertiary/aromatic N) is 4. The molecule has 0 bridgehead atoms. The maximum atomic E-state index is 12.9. The van der Waals surface area contributed by atoms with E-state index in [0.717, 1.165) is 0 Å². The van der Waals surface area contributed by atoms with Crippen LogP contribution in [0.1, 0.15) is 31.3 Å². The van der Waals surface area contributed by atoms with E-state index in [0.29, 0.717) is 18.8 Å². The number of para-hydroxylation sites is 1. The van der Waals surface area contributed by atoms with Crippen molar-refractivity contribution < 1.29 is 28.6 Å². The second-order valence-corrected chi connectivity index (χ2v) is 7.22. The zero-order valence-electron chi connectivity index (χ0n) is 15.5. The zero-order chi connectivity index (χ0) is 19.6. The third-order valence-corrected chi connectivity index (χ3v) is 4.03. The Labute approximate surface area is 156 Å². The molecule has 0 radical (unpaired) electrons. The first-order valence-electron chi connectivity index (χ1n) is 8.68. The van der Waals surface area contributed by atoms with Crippen molar-refractivity contribution in [3.8, 4) is 11.6 Å². The SMILES string of the molecule is CC(C)(C)OC(=O)N1CCN(C(=O)c2c([O-])on[n+]2-c2ccccc2)CC1. The van der Waals surface area contributed by atoms with E-state index in [4.69, 9.17) is 9.26 Å². The normalized spacial score (nSPS) is 14.9. The van der Waals surface area contributed by atoms with Gasteiger partial charge in [0.15, 0.2) is 5.95 Å². The molecule has 1 aromatic heterocycles. The van der Waals surface area contributed by atoms with Crippen molar-refractivity contribution in [2.75, 3.05) is 26.2 Å². The first kappa shape index (κ1) is 18.7. The second kappa shape index (κ2) is 7.26. The van der Waals surface area contributed by atoms with Crippen molar-refractivity contribution >= 4 is 12.0 Å². The highest BCUT2D eigenvalue weighted by atomic mass is 16.6. The van der Waals surface area contributed by atoms with Crippen LogP contribution in [0.5, 0.6) is 5.95 Å². The highest BCUT2D eigenvalue weighted by Crippen LogP contribution is 2.16. The Bertz CT molecular complexity index is 820. The summed E-state index contributed by atoms with van der Waals surface area (Å²) in [6.45, 7) is 6.63. The van der Waals surface area contributed by atoms with Crippen LogP contribution in [-0.4, -0.2) is 58.9 Å². The first-order chi connectivity index (χ1) is 12.8. The molecule has 0 unspecified atom stereocenters. The summed E-state index contributed by atoms with van der Waals surface area (Å²) in [4.78, 5) is 28.0. The molecule has 2 aromatic rings. The molecular formula is C18H22N4O5. The van der Waals surface area contributed by atoms with E-state index < -0.39 is 23.5 Å². The Morgan fingerprint density at radius 1 is 1.11 bits per heavy atom. The Balaban J connectivity index is 1.71. The molecular weight excluding hydrogens is 352 g/mol. The van der Waals surface area contributed by atoms with Crippen molar-refractivity contribution in [2.24, 2.45) is 0 Å². The van der Waals surface area contributed by atoms with Crippen molar-refractivity contribution in [2.45, 2.75) is 26.4 Å². The molecule has 1 fully saturated rings. The average Bonchev–Trinajstić information content (AvgIpc) is 3.02. The number of carbonyl (C=O) groups excluding carboxylic acids is 2. The topological polar surface area (TPSA) is 103 Å². The Morgan fingerprint density at radius 2 is 1.70 bits per heavy atom. The van der Waals surface area contributed by atoms with E-state index >= 15 is 0 Å². The van der Waals surface area contributed by atoms with Crippen LogP contribution in [-0.2, 0) is 4.74 Å². The van der Waals surface area contributed by atoms with Gasteiger partial charge in [0.1, 0.15) is 5.60 Å². The van der Waals surface area contributed by atoms with Crippen LogP contribution in [0.15, 0.2) is 34.9 Å². The lowest BCUT2D eigenvalue weighted by atomic mass is 10.2. The fourth-order valence-electron chi connectivity index (χ4n) is 2.74. The van der Waals surface area contributed by atoms with Crippen LogP contribution in [0.25, 0.3) is 5.69 Å². The number of carbonyl (C=O) groups is 2. The van der Waals surface area contributed by atoms with E-state index in [9.17, 15) is 14.7 Å². The van der Waals surface area contributed by atoms with Gasteiger partial charge in [0, 0.05) is 38.3 Å². The molecule has 2 heterocycles. The van der Waals surface area contributed by atoms with Crippen molar-refractivity contribution in [1.29, 1.82) is 0 Å². The number of ether oxygens (including phenoxy) is 1. The van der Waals surface area contributed by atoms with Gasteiger partial charge < -0.3 is 24.2 Å². The maximum absolute atomic E-state index is 12.9. The minimum Gasteiger partial charge on any atom is -0.538 e. The van der Waals surface area contributed by atoms with Crippen molar-refractivity contribution in [1.82, 2.24) is 15.1 Å². The monoisotopic (exact) mass is 374 g/mol.